The molecule has 0 atom stereocenters. The fourth-order valence-electron chi connectivity index (χ4n) is 2.56. The average Bonchev–Trinajstić information content (AvgIpc) is 2.83. The van der Waals surface area contributed by atoms with Gasteiger partial charge in [-0.3, -0.25) is 4.57 Å². The van der Waals surface area contributed by atoms with Gasteiger partial charge in [-0.25, -0.2) is 4.98 Å². The number of nitrogens with zero attached hydrogens (tertiary/aromatic N) is 2. The maximum absolute atomic E-state index is 6.31. The van der Waals surface area contributed by atoms with Gasteiger partial charge >= 0.3 is 0 Å². The zero-order chi connectivity index (χ0) is 14.8. The van der Waals surface area contributed by atoms with E-state index in [1.54, 1.807) is 0 Å². The largest absolute Gasteiger partial charge is 0.369 e. The molecule has 0 aliphatic rings. The van der Waals surface area contributed by atoms with E-state index < -0.39 is 0 Å². The molecule has 0 radical (unpaired) electrons. The number of halogens is 1. The minimum Gasteiger partial charge on any atom is -0.369 e. The van der Waals surface area contributed by atoms with E-state index in [9.17, 15) is 0 Å². The first kappa shape index (κ1) is 14.0. The summed E-state index contributed by atoms with van der Waals surface area (Å²) in [7, 11) is 0. The molecule has 2 aromatic carbocycles. The minimum atomic E-state index is 0.458. The summed E-state index contributed by atoms with van der Waals surface area (Å²) in [6.45, 7) is 2.20. The number of hydrogen-bond donors (Lipinski definition) is 1. The van der Waals surface area contributed by atoms with Crippen LogP contribution in [0.1, 0.15) is 25.3 Å². The molecule has 1 aromatic heterocycles. The Balaban J connectivity index is 2.06. The predicted octanol–water partition coefficient (Wildman–Crippen LogP) is 4.60. The van der Waals surface area contributed by atoms with Crippen molar-refractivity contribution in [3.8, 4) is 5.69 Å². The molecule has 3 nitrogen and oxygen atoms in total. The summed E-state index contributed by atoms with van der Waals surface area (Å²) in [4.78, 5) is 4.38. The third-order valence-electron chi connectivity index (χ3n) is 3.67. The van der Waals surface area contributed by atoms with Gasteiger partial charge in [0.15, 0.2) is 0 Å². The number of rotatable bonds is 4. The molecule has 0 amide bonds. The normalized spacial score (nSPS) is 11.1. The second-order valence-corrected chi connectivity index (χ2v) is 5.59. The lowest BCUT2D eigenvalue weighted by Gasteiger charge is -2.08. The van der Waals surface area contributed by atoms with Crippen LogP contribution >= 0.6 is 11.6 Å². The minimum absolute atomic E-state index is 0.458. The third-order valence-corrected chi connectivity index (χ3v) is 3.97. The highest BCUT2D eigenvalue weighted by molar-refractivity contribution is 6.35. The quantitative estimate of drug-likeness (QED) is 0.765. The lowest BCUT2D eigenvalue weighted by molar-refractivity contribution is 0.795. The Morgan fingerprint density at radius 3 is 2.62 bits per heavy atom. The Morgan fingerprint density at radius 1 is 1.14 bits per heavy atom. The molecule has 3 rings (SSSR count). The van der Waals surface area contributed by atoms with Crippen LogP contribution in [0, 0.1) is 0 Å². The van der Waals surface area contributed by atoms with Crippen molar-refractivity contribution in [2.75, 3.05) is 5.73 Å². The number of benzene rings is 2. The van der Waals surface area contributed by atoms with Crippen LogP contribution < -0.4 is 5.73 Å². The number of anilines is 1. The lowest BCUT2D eigenvalue weighted by atomic mass is 10.1. The summed E-state index contributed by atoms with van der Waals surface area (Å²) in [5.41, 5.74) is 10.1. The van der Waals surface area contributed by atoms with Crippen molar-refractivity contribution in [3.05, 3.63) is 53.1 Å². The van der Waals surface area contributed by atoms with E-state index in [2.05, 4.69) is 36.2 Å². The SMILES string of the molecule is CCCCc1ccc(-n2c(N)nc3cccc(Cl)c32)cc1. The van der Waals surface area contributed by atoms with Gasteiger partial charge in [-0.15, -0.1) is 0 Å². The van der Waals surface area contributed by atoms with Crippen molar-refractivity contribution < 1.29 is 0 Å². The number of imidazole rings is 1. The number of aryl methyl sites for hydroxylation is 1. The predicted molar refractivity (Wildman–Crippen MR) is 89.1 cm³/mol. The van der Waals surface area contributed by atoms with Crippen molar-refractivity contribution >= 4 is 28.6 Å². The number of aromatic nitrogens is 2. The van der Waals surface area contributed by atoms with E-state index in [-0.39, 0.29) is 0 Å². The van der Waals surface area contributed by atoms with Gasteiger partial charge in [-0.2, -0.15) is 0 Å². The first-order valence-corrected chi connectivity index (χ1v) is 7.60. The maximum Gasteiger partial charge on any atom is 0.205 e. The van der Waals surface area contributed by atoms with Gasteiger partial charge in [-0.05, 0) is 42.7 Å². The topological polar surface area (TPSA) is 43.8 Å². The highest BCUT2D eigenvalue weighted by Crippen LogP contribution is 2.29. The van der Waals surface area contributed by atoms with Gasteiger partial charge in [0.1, 0.15) is 0 Å². The summed E-state index contributed by atoms with van der Waals surface area (Å²) < 4.78 is 1.90. The molecule has 108 valence electrons. The number of fused-ring (bicyclic) bond motifs is 1. The van der Waals surface area contributed by atoms with E-state index in [1.165, 1.54) is 18.4 Å². The Labute approximate surface area is 129 Å². The zero-order valence-electron chi connectivity index (χ0n) is 12.0. The first-order chi connectivity index (χ1) is 10.2. The second kappa shape index (κ2) is 5.78. The highest BCUT2D eigenvalue weighted by Gasteiger charge is 2.12. The Bertz CT molecular complexity index is 760. The van der Waals surface area contributed by atoms with E-state index in [1.807, 2.05) is 22.8 Å². The molecule has 1 heterocycles. The standard InChI is InChI=1S/C17H18ClN3/c1-2-3-5-12-8-10-13(11-9-12)21-16-14(18)6-4-7-15(16)20-17(21)19/h4,6-11H,2-3,5H2,1H3,(H2,19,20). The average molecular weight is 300 g/mol. The van der Waals surface area contributed by atoms with Crippen molar-refractivity contribution in [3.63, 3.8) is 0 Å². The smallest absolute Gasteiger partial charge is 0.205 e. The van der Waals surface area contributed by atoms with Crippen molar-refractivity contribution in [2.24, 2.45) is 0 Å². The van der Waals surface area contributed by atoms with Crippen LogP contribution in [0.3, 0.4) is 0 Å². The Morgan fingerprint density at radius 2 is 1.90 bits per heavy atom. The van der Waals surface area contributed by atoms with Crippen LogP contribution in [-0.4, -0.2) is 9.55 Å². The van der Waals surface area contributed by atoms with Crippen LogP contribution in [-0.2, 0) is 6.42 Å². The highest BCUT2D eigenvalue weighted by atomic mass is 35.5. The molecule has 0 spiro atoms. The molecule has 0 aliphatic heterocycles. The van der Waals surface area contributed by atoms with E-state index in [0.717, 1.165) is 23.1 Å². The van der Waals surface area contributed by atoms with Crippen molar-refractivity contribution in [1.82, 2.24) is 9.55 Å². The molecular formula is C17H18ClN3. The molecule has 0 aliphatic carbocycles. The fourth-order valence-corrected chi connectivity index (χ4v) is 2.81. The molecule has 3 aromatic rings. The van der Waals surface area contributed by atoms with Crippen LogP contribution in [0.25, 0.3) is 16.7 Å². The third kappa shape index (κ3) is 2.61. The Hall–Kier alpha value is -2.00. The second-order valence-electron chi connectivity index (χ2n) is 5.18. The molecule has 0 fully saturated rings. The lowest BCUT2D eigenvalue weighted by Crippen LogP contribution is -2.01. The molecule has 0 bridgehead atoms. The zero-order valence-corrected chi connectivity index (χ0v) is 12.8. The summed E-state index contributed by atoms with van der Waals surface area (Å²) >= 11 is 6.31. The van der Waals surface area contributed by atoms with Gasteiger partial charge in [-0.1, -0.05) is 43.1 Å². The van der Waals surface area contributed by atoms with E-state index >= 15 is 0 Å². The summed E-state index contributed by atoms with van der Waals surface area (Å²) in [5.74, 6) is 0.458. The summed E-state index contributed by atoms with van der Waals surface area (Å²) in [5, 5.41) is 0.659. The van der Waals surface area contributed by atoms with E-state index in [4.69, 9.17) is 17.3 Å². The number of nitrogens with two attached hydrogens (primary N) is 1. The molecule has 0 unspecified atom stereocenters. The van der Waals surface area contributed by atoms with Crippen LogP contribution in [0.2, 0.25) is 5.02 Å². The van der Waals surface area contributed by atoms with Crippen LogP contribution in [0.15, 0.2) is 42.5 Å². The van der Waals surface area contributed by atoms with Crippen LogP contribution in [0.5, 0.6) is 0 Å². The summed E-state index contributed by atoms with van der Waals surface area (Å²) in [6, 6.07) is 14.1. The van der Waals surface area contributed by atoms with Gasteiger partial charge in [0.25, 0.3) is 0 Å². The number of nitrogen functional groups attached to an aromatic ring is 1. The first-order valence-electron chi connectivity index (χ1n) is 7.22. The molecule has 21 heavy (non-hydrogen) atoms. The van der Waals surface area contributed by atoms with Gasteiger partial charge in [0.05, 0.1) is 16.1 Å². The molecule has 2 N–H and O–H groups in total. The number of hydrogen-bond acceptors (Lipinski definition) is 2. The maximum atomic E-state index is 6.31. The van der Waals surface area contributed by atoms with E-state index in [0.29, 0.717) is 11.0 Å². The van der Waals surface area contributed by atoms with Crippen molar-refractivity contribution in [2.45, 2.75) is 26.2 Å². The number of para-hydroxylation sites is 1. The van der Waals surface area contributed by atoms with Gasteiger partial charge in [0.2, 0.25) is 5.95 Å². The number of unbranched alkanes of at least 4 members (excludes halogenated alkanes) is 1. The van der Waals surface area contributed by atoms with Gasteiger partial charge in [0, 0.05) is 5.69 Å². The molecule has 0 saturated heterocycles. The Kier molecular flexibility index (Phi) is 3.84. The molecular weight excluding hydrogens is 282 g/mol. The molecule has 0 saturated carbocycles. The summed E-state index contributed by atoms with van der Waals surface area (Å²) in [6.07, 6.45) is 3.52. The van der Waals surface area contributed by atoms with Crippen molar-refractivity contribution in [1.29, 1.82) is 0 Å². The van der Waals surface area contributed by atoms with Gasteiger partial charge < -0.3 is 5.73 Å². The monoisotopic (exact) mass is 299 g/mol. The fraction of sp³-hybridized carbons (Fsp3) is 0.235. The van der Waals surface area contributed by atoms with Crippen LogP contribution in [0.4, 0.5) is 5.95 Å². The molecule has 4 heteroatoms.